The van der Waals surface area contributed by atoms with E-state index in [0.717, 1.165) is 25.9 Å². The van der Waals surface area contributed by atoms with Crippen LogP contribution in [-0.4, -0.2) is 67.4 Å². The monoisotopic (exact) mass is 601 g/mol. The van der Waals surface area contributed by atoms with Crippen molar-refractivity contribution in [3.8, 4) is 17.2 Å². The Morgan fingerprint density at radius 3 is 2.33 bits per heavy atom. The van der Waals surface area contributed by atoms with Crippen molar-refractivity contribution in [2.45, 2.75) is 44.7 Å². The van der Waals surface area contributed by atoms with Crippen molar-refractivity contribution in [1.82, 2.24) is 9.80 Å². The van der Waals surface area contributed by atoms with Gasteiger partial charge in [0.05, 0.1) is 22.3 Å². The molecule has 0 aliphatic carbocycles. The molecular weight excluding hydrogens is 565 g/mol. The van der Waals surface area contributed by atoms with E-state index in [-0.39, 0.29) is 11.6 Å². The smallest absolute Gasteiger partial charge is 0.325 e. The Hall–Kier alpha value is -3.93. The van der Waals surface area contributed by atoms with Crippen LogP contribution in [-0.2, 0) is 11.3 Å². The third-order valence-corrected chi connectivity index (χ3v) is 9.10. The van der Waals surface area contributed by atoms with Gasteiger partial charge < -0.3 is 14.6 Å². The zero-order valence-electron chi connectivity index (χ0n) is 24.7. The molecule has 43 heavy (non-hydrogen) atoms. The van der Waals surface area contributed by atoms with Crippen molar-refractivity contribution in [3.05, 3.63) is 82.6 Å². The van der Waals surface area contributed by atoms with Crippen LogP contribution in [0.3, 0.4) is 0 Å². The lowest BCUT2D eigenvalue weighted by Crippen LogP contribution is -2.60. The van der Waals surface area contributed by atoms with Crippen LogP contribution >= 0.6 is 11.6 Å². The number of likely N-dealkylation sites (tertiary alicyclic amines) is 1. The highest BCUT2D eigenvalue weighted by Gasteiger charge is 2.43. The predicted octanol–water partition coefficient (Wildman–Crippen LogP) is 6.73. The number of hydrogen-bond acceptors (Lipinski definition) is 5. The summed E-state index contributed by atoms with van der Waals surface area (Å²) in [5.41, 5.74) is 3.44. The Balaban J connectivity index is 1.25. The fourth-order valence-electron chi connectivity index (χ4n) is 6.30. The second-order valence-electron chi connectivity index (χ2n) is 11.5. The van der Waals surface area contributed by atoms with Crippen LogP contribution in [0.2, 0.25) is 5.02 Å². The van der Waals surface area contributed by atoms with E-state index in [1.165, 1.54) is 41.1 Å². The van der Waals surface area contributed by atoms with E-state index in [1.54, 1.807) is 36.2 Å². The molecule has 0 atom stereocenters. The van der Waals surface area contributed by atoms with E-state index in [2.05, 4.69) is 34.1 Å². The Morgan fingerprint density at radius 1 is 1.02 bits per heavy atom. The number of hydrogen-bond donors (Lipinski definition) is 0. The van der Waals surface area contributed by atoms with E-state index in [4.69, 9.17) is 11.6 Å². The van der Waals surface area contributed by atoms with Gasteiger partial charge in [-0.3, -0.25) is 9.80 Å². The molecule has 0 saturated carbocycles. The van der Waals surface area contributed by atoms with E-state index < -0.39 is 11.4 Å². The number of aldehydes is 1. The SMILES string of the molecule is CCN(C(=O)N(C)c1ccc(-c2cc(F)cc(C#N)c2)cc1Cl)C1(C=O)CCN(Cc2ccc(N3CCCC3)cc2)CC1. The molecule has 2 aliphatic heterocycles. The van der Waals surface area contributed by atoms with Crippen molar-refractivity contribution in [2.75, 3.05) is 49.6 Å². The topological polar surface area (TPSA) is 70.9 Å². The van der Waals surface area contributed by atoms with Gasteiger partial charge in [-0.25, -0.2) is 9.18 Å². The summed E-state index contributed by atoms with van der Waals surface area (Å²) in [6.45, 7) is 6.71. The van der Waals surface area contributed by atoms with Crippen molar-refractivity contribution in [3.63, 3.8) is 0 Å². The number of urea groups is 1. The minimum absolute atomic E-state index is 0.210. The summed E-state index contributed by atoms with van der Waals surface area (Å²) in [6, 6.07) is 19.6. The summed E-state index contributed by atoms with van der Waals surface area (Å²) >= 11 is 6.63. The molecule has 2 amide bonds. The lowest BCUT2D eigenvalue weighted by Gasteiger charge is -2.46. The number of nitrogens with zero attached hydrogens (tertiary/aromatic N) is 5. The molecule has 2 saturated heterocycles. The largest absolute Gasteiger partial charge is 0.372 e. The molecule has 0 aromatic heterocycles. The molecule has 5 rings (SSSR count). The van der Waals surface area contributed by atoms with Gasteiger partial charge in [-0.2, -0.15) is 5.26 Å². The lowest BCUT2D eigenvalue weighted by molar-refractivity contribution is -0.119. The molecule has 0 N–H and O–H groups in total. The second kappa shape index (κ2) is 13.2. The minimum atomic E-state index is -0.905. The van der Waals surface area contributed by atoms with Gasteiger partial charge in [0.15, 0.2) is 0 Å². The number of anilines is 2. The van der Waals surface area contributed by atoms with Gasteiger partial charge >= 0.3 is 6.03 Å². The first-order chi connectivity index (χ1) is 20.8. The molecule has 3 aromatic carbocycles. The first kappa shape index (κ1) is 30.5. The van der Waals surface area contributed by atoms with E-state index in [9.17, 15) is 19.2 Å². The molecule has 2 aliphatic rings. The second-order valence-corrected chi connectivity index (χ2v) is 11.9. The van der Waals surface area contributed by atoms with Gasteiger partial charge in [-0.05, 0) is 91.8 Å². The molecular formula is C34H37ClFN5O2. The van der Waals surface area contributed by atoms with Gasteiger partial charge in [0.1, 0.15) is 17.6 Å². The number of amides is 2. The zero-order chi connectivity index (χ0) is 30.6. The Bertz CT molecular complexity index is 1510. The highest BCUT2D eigenvalue weighted by Crippen LogP contribution is 2.34. The van der Waals surface area contributed by atoms with Gasteiger partial charge in [0.25, 0.3) is 0 Å². The standard InChI is InChI=1S/C34H37ClFN5O2/c1-3-41(33(43)38(2)32-11-8-27(21-31(32)35)28-18-26(22-37)19-29(36)20-28)34(24-42)12-16-39(17-13-34)23-25-6-9-30(10-7-25)40-14-4-5-15-40/h6-11,18-21,24H,3-5,12-17,23H2,1-2H3. The molecule has 224 valence electrons. The molecule has 0 unspecified atom stereocenters. The number of nitriles is 1. The van der Waals surface area contributed by atoms with Gasteiger partial charge in [0.2, 0.25) is 0 Å². The molecule has 2 heterocycles. The summed E-state index contributed by atoms with van der Waals surface area (Å²) in [7, 11) is 1.64. The number of piperidine rings is 1. The van der Waals surface area contributed by atoms with Crippen molar-refractivity contribution < 1.29 is 14.0 Å². The van der Waals surface area contributed by atoms with Gasteiger partial charge in [0, 0.05) is 52.0 Å². The maximum absolute atomic E-state index is 14.0. The maximum atomic E-state index is 14.0. The number of carbonyl (C=O) groups is 2. The highest BCUT2D eigenvalue weighted by molar-refractivity contribution is 6.34. The number of benzene rings is 3. The predicted molar refractivity (Wildman–Crippen MR) is 169 cm³/mol. The molecule has 9 heteroatoms. The summed E-state index contributed by atoms with van der Waals surface area (Å²) in [4.78, 5) is 34.3. The van der Waals surface area contributed by atoms with Crippen LogP contribution in [0.5, 0.6) is 0 Å². The van der Waals surface area contributed by atoms with Crippen LogP contribution in [0, 0.1) is 17.1 Å². The molecule has 3 aromatic rings. The highest BCUT2D eigenvalue weighted by atomic mass is 35.5. The lowest BCUT2D eigenvalue weighted by atomic mass is 9.87. The number of likely N-dealkylation sites (N-methyl/N-ethyl adjacent to an activating group) is 1. The van der Waals surface area contributed by atoms with Crippen molar-refractivity contribution in [1.29, 1.82) is 5.26 Å². The minimum Gasteiger partial charge on any atom is -0.372 e. The van der Waals surface area contributed by atoms with Crippen LogP contribution in [0.25, 0.3) is 11.1 Å². The third-order valence-electron chi connectivity index (χ3n) is 8.80. The Labute approximate surface area is 258 Å². The molecule has 0 spiro atoms. The average molecular weight is 602 g/mol. The summed E-state index contributed by atoms with van der Waals surface area (Å²) < 4.78 is 14.0. The average Bonchev–Trinajstić information content (AvgIpc) is 3.57. The summed E-state index contributed by atoms with van der Waals surface area (Å²) in [5, 5.41) is 9.50. The van der Waals surface area contributed by atoms with Gasteiger partial charge in [-0.15, -0.1) is 0 Å². The van der Waals surface area contributed by atoms with Crippen LogP contribution < -0.4 is 9.80 Å². The van der Waals surface area contributed by atoms with Crippen LogP contribution in [0.4, 0.5) is 20.6 Å². The quantitative estimate of drug-likeness (QED) is 0.268. The summed E-state index contributed by atoms with van der Waals surface area (Å²) in [6.07, 6.45) is 4.53. The molecule has 7 nitrogen and oxygen atoms in total. The van der Waals surface area contributed by atoms with Crippen molar-refractivity contribution >= 4 is 35.3 Å². The fraction of sp³-hybridized carbons (Fsp3) is 0.382. The first-order valence-corrected chi connectivity index (χ1v) is 15.2. The molecule has 0 radical (unpaired) electrons. The Kier molecular flexibility index (Phi) is 9.34. The number of halogens is 2. The number of carbonyl (C=O) groups excluding carboxylic acids is 2. The normalized spacial score (nSPS) is 16.5. The van der Waals surface area contributed by atoms with Crippen LogP contribution in [0.15, 0.2) is 60.7 Å². The zero-order valence-corrected chi connectivity index (χ0v) is 25.5. The molecule has 0 bridgehead atoms. The first-order valence-electron chi connectivity index (χ1n) is 14.9. The van der Waals surface area contributed by atoms with Gasteiger partial charge in [-0.1, -0.05) is 29.8 Å². The van der Waals surface area contributed by atoms with E-state index >= 15 is 0 Å². The van der Waals surface area contributed by atoms with E-state index in [0.29, 0.717) is 54.3 Å². The van der Waals surface area contributed by atoms with E-state index in [1.807, 2.05) is 13.0 Å². The maximum Gasteiger partial charge on any atom is 0.325 e. The third kappa shape index (κ3) is 6.53. The van der Waals surface area contributed by atoms with Crippen LogP contribution in [0.1, 0.15) is 43.7 Å². The molecule has 2 fully saturated rings. The summed E-state index contributed by atoms with van der Waals surface area (Å²) in [5.74, 6) is -0.513. The fourth-order valence-corrected chi connectivity index (χ4v) is 6.61. The van der Waals surface area contributed by atoms with Crippen molar-refractivity contribution in [2.24, 2.45) is 0 Å². The number of rotatable bonds is 8. The Morgan fingerprint density at radius 2 is 1.72 bits per heavy atom.